The lowest BCUT2D eigenvalue weighted by atomic mass is 10.1. The van der Waals surface area contributed by atoms with Gasteiger partial charge in [-0.1, -0.05) is 23.2 Å². The zero-order valence-electron chi connectivity index (χ0n) is 13.2. The summed E-state index contributed by atoms with van der Waals surface area (Å²) < 4.78 is 28.1. The maximum Gasteiger partial charge on any atom is 0.265 e. The van der Waals surface area contributed by atoms with E-state index in [4.69, 9.17) is 23.2 Å². The van der Waals surface area contributed by atoms with Crippen LogP contribution in [0.3, 0.4) is 0 Å². The molecular formula is C17H16Cl2F2N4. The van der Waals surface area contributed by atoms with Gasteiger partial charge in [-0.25, -0.2) is 13.8 Å². The summed E-state index contributed by atoms with van der Waals surface area (Å²) in [6, 6.07) is 8.64. The molecule has 0 bridgehead atoms. The van der Waals surface area contributed by atoms with Crippen molar-refractivity contribution in [1.82, 2.24) is 15.0 Å². The third-order valence-corrected chi connectivity index (χ3v) is 4.14. The number of alkyl halides is 2. The molecule has 0 fully saturated rings. The first-order valence-corrected chi connectivity index (χ1v) is 8.54. The van der Waals surface area contributed by atoms with Crippen molar-refractivity contribution < 1.29 is 8.78 Å². The second-order valence-electron chi connectivity index (χ2n) is 5.80. The number of pyridine rings is 1. The molecule has 25 heavy (non-hydrogen) atoms. The van der Waals surface area contributed by atoms with E-state index in [1.807, 2.05) is 0 Å². The monoisotopic (exact) mass is 384 g/mol. The number of rotatable bonds is 7. The smallest absolute Gasteiger partial charge is 0.265 e. The van der Waals surface area contributed by atoms with Gasteiger partial charge < -0.3 is 10.3 Å². The van der Waals surface area contributed by atoms with Gasteiger partial charge in [-0.2, -0.15) is 4.98 Å². The summed E-state index contributed by atoms with van der Waals surface area (Å²) in [6.07, 6.45) is 2.17. The van der Waals surface area contributed by atoms with Crippen LogP contribution in [-0.4, -0.2) is 27.4 Å². The molecule has 3 aromatic rings. The van der Waals surface area contributed by atoms with Gasteiger partial charge in [-0.3, -0.25) is 0 Å². The predicted molar refractivity (Wildman–Crippen MR) is 96.7 cm³/mol. The number of anilines is 1. The third-order valence-electron chi connectivity index (χ3n) is 3.70. The van der Waals surface area contributed by atoms with E-state index < -0.39 is 12.5 Å². The van der Waals surface area contributed by atoms with Crippen LogP contribution in [0.25, 0.3) is 11.2 Å². The molecule has 0 aliphatic rings. The molecule has 8 heteroatoms. The largest absolute Gasteiger partial charge is 0.350 e. The lowest BCUT2D eigenvalue weighted by Gasteiger charge is -2.16. The van der Waals surface area contributed by atoms with Crippen LogP contribution < -0.4 is 5.32 Å². The molecule has 0 unspecified atom stereocenters. The highest BCUT2D eigenvalue weighted by atomic mass is 35.5. The van der Waals surface area contributed by atoms with Gasteiger partial charge in [-0.15, -0.1) is 0 Å². The second-order valence-corrected chi connectivity index (χ2v) is 6.67. The molecule has 3 rings (SSSR count). The molecule has 0 radical (unpaired) electrons. The standard InChI is InChI=1S/C17H16Cl2F2N4/c18-12-7-11(8-13(19)9-12)3-1-5-17(20,21)10-23-16-24-14-4-2-6-22-15(14)25-16/h2,4,6-9H,1,3,5,10H2,(H2,22,23,24,25). The highest BCUT2D eigenvalue weighted by molar-refractivity contribution is 6.34. The van der Waals surface area contributed by atoms with E-state index in [1.54, 1.807) is 36.5 Å². The highest BCUT2D eigenvalue weighted by Crippen LogP contribution is 2.25. The molecule has 2 aromatic heterocycles. The maximum absolute atomic E-state index is 14.1. The molecule has 0 saturated carbocycles. The number of H-pyrrole nitrogens is 1. The van der Waals surface area contributed by atoms with Gasteiger partial charge in [0.15, 0.2) is 5.65 Å². The summed E-state index contributed by atoms with van der Waals surface area (Å²) in [5.74, 6) is -2.57. The Morgan fingerprint density at radius 1 is 1.16 bits per heavy atom. The van der Waals surface area contributed by atoms with Crippen molar-refractivity contribution in [3.63, 3.8) is 0 Å². The van der Waals surface area contributed by atoms with Crippen molar-refractivity contribution in [1.29, 1.82) is 0 Å². The Morgan fingerprint density at radius 2 is 1.92 bits per heavy atom. The molecule has 132 valence electrons. The molecule has 0 aliphatic heterocycles. The number of halogens is 4. The first kappa shape index (κ1) is 17.9. The Labute approximate surface area is 153 Å². The molecule has 2 N–H and O–H groups in total. The lowest BCUT2D eigenvalue weighted by Crippen LogP contribution is -2.27. The zero-order chi connectivity index (χ0) is 17.9. The van der Waals surface area contributed by atoms with E-state index in [-0.39, 0.29) is 12.4 Å². The van der Waals surface area contributed by atoms with E-state index in [0.29, 0.717) is 34.1 Å². The molecule has 0 spiro atoms. The number of aryl methyl sites for hydroxylation is 1. The van der Waals surface area contributed by atoms with Crippen molar-refractivity contribution in [2.75, 3.05) is 11.9 Å². The van der Waals surface area contributed by atoms with Crippen LogP contribution >= 0.6 is 23.2 Å². The molecule has 4 nitrogen and oxygen atoms in total. The van der Waals surface area contributed by atoms with E-state index >= 15 is 0 Å². The number of aromatic nitrogens is 3. The summed E-state index contributed by atoms with van der Waals surface area (Å²) in [6.45, 7) is -0.497. The normalized spacial score (nSPS) is 11.8. The SMILES string of the molecule is FC(F)(CCCc1cc(Cl)cc(Cl)c1)CNc1nc2ncccc2[nH]1. The molecule has 1 aromatic carbocycles. The van der Waals surface area contributed by atoms with Gasteiger partial charge in [0.2, 0.25) is 5.95 Å². The van der Waals surface area contributed by atoms with Crippen molar-refractivity contribution in [3.8, 4) is 0 Å². The van der Waals surface area contributed by atoms with Crippen molar-refractivity contribution in [2.24, 2.45) is 0 Å². The van der Waals surface area contributed by atoms with Gasteiger partial charge >= 0.3 is 0 Å². The number of imidazole rings is 1. The first-order chi connectivity index (χ1) is 11.9. The quantitative estimate of drug-likeness (QED) is 0.578. The zero-order valence-corrected chi connectivity index (χ0v) is 14.7. The number of hydrogen-bond acceptors (Lipinski definition) is 3. The van der Waals surface area contributed by atoms with Crippen LogP contribution in [0.4, 0.5) is 14.7 Å². The number of fused-ring (bicyclic) bond motifs is 1. The highest BCUT2D eigenvalue weighted by Gasteiger charge is 2.28. The van der Waals surface area contributed by atoms with Gasteiger partial charge in [0.05, 0.1) is 12.1 Å². The number of aromatic amines is 1. The predicted octanol–water partition coefficient (Wildman–Crippen LogP) is 5.33. The summed E-state index contributed by atoms with van der Waals surface area (Å²) in [4.78, 5) is 11.1. The Kier molecular flexibility index (Phi) is 5.39. The van der Waals surface area contributed by atoms with Gasteiger partial charge in [0, 0.05) is 22.7 Å². The molecular weight excluding hydrogens is 369 g/mol. The number of nitrogens with zero attached hydrogens (tertiary/aromatic N) is 2. The van der Waals surface area contributed by atoms with Crippen molar-refractivity contribution in [2.45, 2.75) is 25.2 Å². The summed E-state index contributed by atoms with van der Waals surface area (Å²) in [5.41, 5.74) is 2.04. The van der Waals surface area contributed by atoms with Gasteiger partial charge in [0.1, 0.15) is 0 Å². The summed E-state index contributed by atoms with van der Waals surface area (Å²) >= 11 is 11.8. The van der Waals surface area contributed by atoms with Crippen molar-refractivity contribution in [3.05, 3.63) is 52.1 Å². The Hall–Kier alpha value is -1.92. The van der Waals surface area contributed by atoms with Gasteiger partial charge in [0.25, 0.3) is 5.92 Å². The minimum absolute atomic E-state index is 0.247. The minimum Gasteiger partial charge on any atom is -0.350 e. The fourth-order valence-corrected chi connectivity index (χ4v) is 3.11. The van der Waals surface area contributed by atoms with Crippen LogP contribution in [0.5, 0.6) is 0 Å². The number of benzene rings is 1. The Bertz CT molecular complexity index is 813. The molecule has 0 amide bonds. The van der Waals surface area contributed by atoms with E-state index in [0.717, 1.165) is 5.56 Å². The molecule has 2 heterocycles. The van der Waals surface area contributed by atoms with Crippen LogP contribution in [0.15, 0.2) is 36.5 Å². The van der Waals surface area contributed by atoms with E-state index in [2.05, 4.69) is 20.3 Å². The van der Waals surface area contributed by atoms with Crippen LogP contribution in [0, 0.1) is 0 Å². The molecule has 0 atom stereocenters. The summed E-state index contributed by atoms with van der Waals surface area (Å²) in [7, 11) is 0. The fourth-order valence-electron chi connectivity index (χ4n) is 2.54. The number of nitrogens with one attached hydrogen (secondary N) is 2. The van der Waals surface area contributed by atoms with E-state index in [1.165, 1.54) is 0 Å². The minimum atomic E-state index is -2.85. The Balaban J connectivity index is 1.51. The fraction of sp³-hybridized carbons (Fsp3) is 0.294. The van der Waals surface area contributed by atoms with Crippen LogP contribution in [0.1, 0.15) is 18.4 Å². The number of hydrogen-bond donors (Lipinski definition) is 2. The first-order valence-electron chi connectivity index (χ1n) is 7.79. The topological polar surface area (TPSA) is 53.6 Å². The molecule has 0 saturated heterocycles. The average molecular weight is 385 g/mol. The van der Waals surface area contributed by atoms with Crippen LogP contribution in [0.2, 0.25) is 10.0 Å². The Morgan fingerprint density at radius 3 is 2.64 bits per heavy atom. The van der Waals surface area contributed by atoms with Gasteiger partial charge in [-0.05, 0) is 48.7 Å². The van der Waals surface area contributed by atoms with Crippen LogP contribution in [-0.2, 0) is 6.42 Å². The van der Waals surface area contributed by atoms with Crippen molar-refractivity contribution >= 4 is 40.3 Å². The second kappa shape index (κ2) is 7.54. The summed E-state index contributed by atoms with van der Waals surface area (Å²) in [5, 5.41) is 3.66. The lowest BCUT2D eigenvalue weighted by molar-refractivity contribution is 0.00457. The third kappa shape index (κ3) is 5.03. The molecule has 0 aliphatic carbocycles. The average Bonchev–Trinajstić information content (AvgIpc) is 2.95. The maximum atomic E-state index is 14.1. The van der Waals surface area contributed by atoms with E-state index in [9.17, 15) is 8.78 Å².